The van der Waals surface area contributed by atoms with Crippen LogP contribution in [0, 0.1) is 5.92 Å². The normalized spacial score (nSPS) is 51.0. The van der Waals surface area contributed by atoms with E-state index < -0.39 is 0 Å². The molecule has 0 aromatic heterocycles. The van der Waals surface area contributed by atoms with Gasteiger partial charge in [-0.25, -0.2) is 0 Å². The third-order valence-corrected chi connectivity index (χ3v) is 4.06. The molecule has 1 aliphatic heterocycles. The molecule has 1 saturated carbocycles. The number of thioether (sulfide) groups is 1. The molecule has 58 valence electrons. The summed E-state index contributed by atoms with van der Waals surface area (Å²) in [6.45, 7) is 3.43. The van der Waals surface area contributed by atoms with Gasteiger partial charge in [0, 0.05) is 17.8 Å². The van der Waals surface area contributed by atoms with E-state index in [1.165, 1.54) is 0 Å². The molecule has 1 saturated heterocycles. The Kier molecular flexibility index (Phi) is 1.66. The summed E-state index contributed by atoms with van der Waals surface area (Å²) in [5.74, 6) is 0.929. The Morgan fingerprint density at radius 3 is 2.90 bits per heavy atom. The Balaban J connectivity index is 1.79. The predicted molar refractivity (Wildman–Crippen MR) is 45.2 cm³/mol. The molecule has 4 atom stereocenters. The number of fused-ring (bicyclic) bond motifs is 1. The van der Waals surface area contributed by atoms with Crippen LogP contribution in [-0.4, -0.2) is 30.3 Å². The van der Waals surface area contributed by atoms with Gasteiger partial charge >= 0.3 is 0 Å². The van der Waals surface area contributed by atoms with Gasteiger partial charge in [-0.05, 0) is 13.0 Å². The maximum atomic E-state index is 3.58. The average molecular weight is 158 g/mol. The van der Waals surface area contributed by atoms with Crippen molar-refractivity contribution in [1.29, 1.82) is 0 Å². The minimum Gasteiger partial charge on any atom is -0.317 e. The molecule has 10 heavy (non-hydrogen) atoms. The topological polar surface area (TPSA) is 24.1 Å². The van der Waals surface area contributed by atoms with Crippen molar-refractivity contribution in [2.45, 2.75) is 23.6 Å². The molecule has 2 nitrogen and oxygen atoms in total. The van der Waals surface area contributed by atoms with Crippen LogP contribution in [0.25, 0.3) is 0 Å². The van der Waals surface area contributed by atoms with E-state index in [0.29, 0.717) is 5.37 Å². The van der Waals surface area contributed by atoms with Gasteiger partial charge < -0.3 is 10.6 Å². The fourth-order valence-electron chi connectivity index (χ4n) is 1.62. The van der Waals surface area contributed by atoms with Crippen molar-refractivity contribution >= 4 is 11.8 Å². The summed E-state index contributed by atoms with van der Waals surface area (Å²) in [6, 6.07) is 0.836. The second-order valence-electron chi connectivity index (χ2n) is 3.20. The molecule has 0 spiro atoms. The molecule has 2 fully saturated rings. The second kappa shape index (κ2) is 2.40. The van der Waals surface area contributed by atoms with Gasteiger partial charge in [0.2, 0.25) is 0 Å². The van der Waals surface area contributed by atoms with E-state index in [2.05, 4.69) is 29.3 Å². The van der Waals surface area contributed by atoms with Crippen LogP contribution in [-0.2, 0) is 0 Å². The molecule has 0 aromatic rings. The largest absolute Gasteiger partial charge is 0.317 e. The molecule has 2 aliphatic rings. The van der Waals surface area contributed by atoms with Gasteiger partial charge in [0.1, 0.15) is 0 Å². The van der Waals surface area contributed by atoms with Crippen LogP contribution >= 0.6 is 11.8 Å². The van der Waals surface area contributed by atoms with E-state index in [-0.39, 0.29) is 0 Å². The van der Waals surface area contributed by atoms with E-state index in [1.54, 1.807) is 0 Å². The van der Waals surface area contributed by atoms with Gasteiger partial charge in [-0.2, -0.15) is 0 Å². The number of nitrogens with one attached hydrogen (secondary N) is 2. The fourth-order valence-corrected chi connectivity index (χ4v) is 3.32. The molecule has 2 rings (SSSR count). The minimum absolute atomic E-state index is 0.677. The van der Waals surface area contributed by atoms with Crippen molar-refractivity contribution in [3.8, 4) is 0 Å². The average Bonchev–Trinajstić information content (AvgIpc) is 2.44. The molecule has 1 unspecified atom stereocenters. The third-order valence-electron chi connectivity index (χ3n) is 2.39. The van der Waals surface area contributed by atoms with Crippen LogP contribution in [0.2, 0.25) is 0 Å². The molecular formula is C7H14N2S. The van der Waals surface area contributed by atoms with Crippen LogP contribution in [0.4, 0.5) is 0 Å². The number of rotatable bonds is 2. The standard InChI is InChI=1S/C7H14N2S/c1-4-6-7(4)10-5(9-6)3-8-2/h4-9H,3H2,1-2H3/t4-,5+,6?,7-/m0/s1. The van der Waals surface area contributed by atoms with Crippen LogP contribution in [0.3, 0.4) is 0 Å². The van der Waals surface area contributed by atoms with Gasteiger partial charge in [0.25, 0.3) is 0 Å². The molecular weight excluding hydrogens is 144 g/mol. The summed E-state index contributed by atoms with van der Waals surface area (Å²) in [5.41, 5.74) is 0. The highest BCUT2D eigenvalue weighted by Crippen LogP contribution is 2.48. The summed E-state index contributed by atoms with van der Waals surface area (Å²) >= 11 is 2.10. The van der Waals surface area contributed by atoms with Crippen molar-refractivity contribution in [2.75, 3.05) is 13.6 Å². The zero-order valence-corrected chi connectivity index (χ0v) is 7.24. The van der Waals surface area contributed by atoms with E-state index in [4.69, 9.17) is 0 Å². The maximum Gasteiger partial charge on any atom is 0.0664 e. The summed E-state index contributed by atoms with van der Waals surface area (Å²) in [7, 11) is 2.01. The highest BCUT2D eigenvalue weighted by atomic mass is 32.2. The number of hydrogen-bond acceptors (Lipinski definition) is 3. The number of hydrogen-bond donors (Lipinski definition) is 2. The zero-order chi connectivity index (χ0) is 7.14. The van der Waals surface area contributed by atoms with Gasteiger partial charge in [-0.15, -0.1) is 11.8 Å². The van der Waals surface area contributed by atoms with Crippen molar-refractivity contribution in [3.05, 3.63) is 0 Å². The third kappa shape index (κ3) is 0.966. The lowest BCUT2D eigenvalue weighted by Gasteiger charge is -2.12. The number of likely N-dealkylation sites (N-methyl/N-ethyl adjacent to an activating group) is 1. The lowest BCUT2D eigenvalue weighted by Crippen LogP contribution is -2.33. The van der Waals surface area contributed by atoms with Crippen LogP contribution in [0.5, 0.6) is 0 Å². The van der Waals surface area contributed by atoms with Gasteiger partial charge in [0.15, 0.2) is 0 Å². The summed E-state index contributed by atoms with van der Waals surface area (Å²) in [4.78, 5) is 0. The Morgan fingerprint density at radius 2 is 2.40 bits per heavy atom. The van der Waals surface area contributed by atoms with Crippen molar-refractivity contribution < 1.29 is 0 Å². The first-order valence-electron chi connectivity index (χ1n) is 3.89. The predicted octanol–water partition coefficient (Wildman–Crippen LogP) is 0.255. The molecule has 0 bridgehead atoms. The fraction of sp³-hybridized carbons (Fsp3) is 1.00. The lowest BCUT2D eigenvalue weighted by atomic mass is 10.4. The molecule has 1 aliphatic carbocycles. The van der Waals surface area contributed by atoms with E-state index in [0.717, 1.165) is 23.8 Å². The Bertz CT molecular complexity index is 128. The van der Waals surface area contributed by atoms with E-state index in [1.807, 2.05) is 7.05 Å². The quantitative estimate of drug-likeness (QED) is 0.602. The molecule has 2 N–H and O–H groups in total. The first-order valence-corrected chi connectivity index (χ1v) is 4.83. The van der Waals surface area contributed by atoms with Crippen molar-refractivity contribution in [1.82, 2.24) is 10.6 Å². The smallest absolute Gasteiger partial charge is 0.0664 e. The first-order chi connectivity index (χ1) is 4.83. The van der Waals surface area contributed by atoms with Crippen molar-refractivity contribution in [3.63, 3.8) is 0 Å². The highest BCUT2D eigenvalue weighted by Gasteiger charge is 2.53. The van der Waals surface area contributed by atoms with E-state index in [9.17, 15) is 0 Å². The SMILES string of the molecule is CNC[C@@H]1NC2[C@@H](S1)[C@H]2C. The van der Waals surface area contributed by atoms with Gasteiger partial charge in [-0.3, -0.25) is 0 Å². The van der Waals surface area contributed by atoms with Crippen LogP contribution < -0.4 is 10.6 Å². The van der Waals surface area contributed by atoms with E-state index >= 15 is 0 Å². The van der Waals surface area contributed by atoms with Crippen LogP contribution in [0.15, 0.2) is 0 Å². The Labute approximate surface area is 66.1 Å². The first kappa shape index (κ1) is 6.95. The molecule has 0 amide bonds. The summed E-state index contributed by atoms with van der Waals surface area (Å²) in [6.07, 6.45) is 0. The molecule has 3 heteroatoms. The Morgan fingerprint density at radius 1 is 1.60 bits per heavy atom. The van der Waals surface area contributed by atoms with Crippen molar-refractivity contribution in [2.24, 2.45) is 5.92 Å². The van der Waals surface area contributed by atoms with Gasteiger partial charge in [0.05, 0.1) is 5.37 Å². The zero-order valence-electron chi connectivity index (χ0n) is 6.42. The molecule has 0 radical (unpaired) electrons. The molecule has 1 heterocycles. The Hall–Kier alpha value is 0.270. The monoisotopic (exact) mass is 158 g/mol. The summed E-state index contributed by atoms with van der Waals surface area (Å²) in [5, 5.41) is 8.37. The second-order valence-corrected chi connectivity index (χ2v) is 4.58. The summed E-state index contributed by atoms with van der Waals surface area (Å²) < 4.78 is 0. The molecule has 0 aromatic carbocycles. The minimum atomic E-state index is 0.677. The van der Waals surface area contributed by atoms with Crippen LogP contribution in [0.1, 0.15) is 6.92 Å². The highest BCUT2D eigenvalue weighted by molar-refractivity contribution is 8.01. The lowest BCUT2D eigenvalue weighted by molar-refractivity contribution is 0.600. The maximum absolute atomic E-state index is 3.58. The van der Waals surface area contributed by atoms with Gasteiger partial charge in [-0.1, -0.05) is 6.92 Å².